The Morgan fingerprint density at radius 3 is 2.38 bits per heavy atom. The Labute approximate surface area is 140 Å². The Bertz CT molecular complexity index is 1040. The van der Waals surface area contributed by atoms with Gasteiger partial charge < -0.3 is 10.3 Å². The lowest BCUT2D eigenvalue weighted by molar-refractivity contribution is 0.867. The van der Waals surface area contributed by atoms with Crippen LogP contribution in [0.5, 0.6) is 0 Å². The van der Waals surface area contributed by atoms with Gasteiger partial charge in [0.15, 0.2) is 5.82 Å². The molecular weight excluding hydrogens is 296 g/mol. The number of para-hydroxylation sites is 1. The molecule has 0 radical (unpaired) electrons. The van der Waals surface area contributed by atoms with Gasteiger partial charge in [-0.3, -0.25) is 0 Å². The molecule has 2 N–H and O–H groups in total. The molecule has 2 aromatic carbocycles. The fourth-order valence-electron chi connectivity index (χ4n) is 3.36. The van der Waals surface area contributed by atoms with Crippen molar-refractivity contribution < 1.29 is 0 Å². The largest absolute Gasteiger partial charge is 0.382 e. The number of nitrogens with two attached hydrogens (primary N) is 1. The Kier molecular flexibility index (Phi) is 3.27. The highest BCUT2D eigenvalue weighted by molar-refractivity contribution is 6.11. The Hall–Kier alpha value is -2.88. The van der Waals surface area contributed by atoms with Gasteiger partial charge in [-0.05, 0) is 23.1 Å². The predicted molar refractivity (Wildman–Crippen MR) is 100.0 cm³/mol. The maximum atomic E-state index is 6.22. The molecule has 0 atom stereocenters. The van der Waals surface area contributed by atoms with Crippen molar-refractivity contribution in [3.05, 3.63) is 54.1 Å². The zero-order valence-corrected chi connectivity index (χ0v) is 14.1. The molecule has 2 heterocycles. The van der Waals surface area contributed by atoms with Crippen LogP contribution in [0.25, 0.3) is 33.1 Å². The molecule has 0 bridgehead atoms. The predicted octanol–water partition coefficient (Wildman–Crippen LogP) is 4.49. The van der Waals surface area contributed by atoms with Crippen molar-refractivity contribution in [3.63, 3.8) is 0 Å². The Morgan fingerprint density at radius 2 is 1.67 bits per heavy atom. The average Bonchev–Trinajstić information content (AvgIpc) is 2.88. The molecule has 0 saturated carbocycles. The van der Waals surface area contributed by atoms with E-state index in [1.165, 1.54) is 5.56 Å². The second-order valence-electron chi connectivity index (χ2n) is 6.51. The molecule has 0 spiro atoms. The van der Waals surface area contributed by atoms with E-state index in [9.17, 15) is 0 Å². The first-order valence-electron chi connectivity index (χ1n) is 8.17. The van der Waals surface area contributed by atoms with Crippen LogP contribution in [0.2, 0.25) is 0 Å². The number of nitrogens with zero attached hydrogens (tertiary/aromatic N) is 3. The van der Waals surface area contributed by atoms with E-state index in [4.69, 9.17) is 5.73 Å². The molecule has 2 aromatic heterocycles. The van der Waals surface area contributed by atoms with Gasteiger partial charge in [0, 0.05) is 12.4 Å². The minimum atomic E-state index is 0.464. The molecule has 0 aliphatic heterocycles. The summed E-state index contributed by atoms with van der Waals surface area (Å²) in [4.78, 5) is 0. The lowest BCUT2D eigenvalue weighted by Gasteiger charge is -2.10. The Morgan fingerprint density at radius 1 is 0.958 bits per heavy atom. The highest BCUT2D eigenvalue weighted by Gasteiger charge is 2.17. The summed E-state index contributed by atoms with van der Waals surface area (Å²) in [5.74, 6) is 0.968. The average molecular weight is 316 g/mol. The molecule has 4 heteroatoms. The minimum Gasteiger partial charge on any atom is -0.382 e. The molecule has 0 aliphatic rings. The van der Waals surface area contributed by atoms with Crippen molar-refractivity contribution in [1.29, 1.82) is 0 Å². The monoisotopic (exact) mass is 316 g/mol. The molecule has 4 rings (SSSR count). The summed E-state index contributed by atoms with van der Waals surface area (Å²) in [5, 5.41) is 9.68. The topological polar surface area (TPSA) is 56.7 Å². The number of anilines is 1. The van der Waals surface area contributed by atoms with E-state index in [0.29, 0.717) is 11.7 Å². The van der Waals surface area contributed by atoms with Crippen LogP contribution in [0.4, 0.5) is 5.82 Å². The number of aryl methyl sites for hydroxylation is 1. The number of rotatable bonds is 2. The van der Waals surface area contributed by atoms with Crippen LogP contribution < -0.4 is 5.73 Å². The second-order valence-corrected chi connectivity index (χ2v) is 6.51. The van der Waals surface area contributed by atoms with Gasteiger partial charge in [0.2, 0.25) is 0 Å². The first-order valence-corrected chi connectivity index (χ1v) is 8.17. The summed E-state index contributed by atoms with van der Waals surface area (Å²) < 4.78 is 2.15. The summed E-state index contributed by atoms with van der Waals surface area (Å²) in [5.41, 5.74) is 12.6. The maximum Gasteiger partial charge on any atom is 0.156 e. The summed E-state index contributed by atoms with van der Waals surface area (Å²) in [6.07, 6.45) is 0. The highest BCUT2D eigenvalue weighted by Crippen LogP contribution is 2.36. The van der Waals surface area contributed by atoms with E-state index in [1.54, 1.807) is 0 Å². The van der Waals surface area contributed by atoms with Gasteiger partial charge in [0.1, 0.15) is 5.52 Å². The number of aromatic nitrogens is 3. The molecule has 4 nitrogen and oxygen atoms in total. The van der Waals surface area contributed by atoms with Gasteiger partial charge >= 0.3 is 0 Å². The SMILES string of the molecule is CC(C)c1ccc(-c2c(N)nnc3c4ccccc4n(C)c23)cc1. The van der Waals surface area contributed by atoms with Crippen LogP contribution in [0, 0.1) is 0 Å². The summed E-state index contributed by atoms with van der Waals surface area (Å²) in [6.45, 7) is 4.39. The standard InChI is InChI=1S/C20H20N4/c1-12(2)13-8-10-14(11-9-13)17-19-18(22-23-20(17)21)15-6-4-5-7-16(15)24(19)3/h4-12H,1-3H3,(H2,21,23). The molecule has 0 fully saturated rings. The summed E-state index contributed by atoms with van der Waals surface area (Å²) in [7, 11) is 2.05. The third-order valence-corrected chi connectivity index (χ3v) is 4.70. The van der Waals surface area contributed by atoms with Crippen LogP contribution in [0.15, 0.2) is 48.5 Å². The maximum absolute atomic E-state index is 6.22. The van der Waals surface area contributed by atoms with Crippen molar-refractivity contribution in [1.82, 2.24) is 14.8 Å². The molecule has 24 heavy (non-hydrogen) atoms. The highest BCUT2D eigenvalue weighted by atomic mass is 15.2. The van der Waals surface area contributed by atoms with Gasteiger partial charge in [-0.25, -0.2) is 0 Å². The van der Waals surface area contributed by atoms with Crippen molar-refractivity contribution in [2.45, 2.75) is 19.8 Å². The molecule has 0 aliphatic carbocycles. The Balaban J connectivity index is 2.06. The van der Waals surface area contributed by atoms with E-state index in [1.807, 2.05) is 12.1 Å². The normalized spacial score (nSPS) is 11.7. The molecule has 0 saturated heterocycles. The lowest BCUT2D eigenvalue weighted by atomic mass is 9.98. The third kappa shape index (κ3) is 2.07. The van der Waals surface area contributed by atoms with E-state index in [-0.39, 0.29) is 0 Å². The van der Waals surface area contributed by atoms with E-state index in [2.05, 4.69) is 72.1 Å². The van der Waals surface area contributed by atoms with Crippen LogP contribution in [-0.2, 0) is 7.05 Å². The minimum absolute atomic E-state index is 0.464. The quantitative estimate of drug-likeness (QED) is 0.592. The van der Waals surface area contributed by atoms with Gasteiger partial charge in [0.25, 0.3) is 0 Å². The van der Waals surface area contributed by atoms with Gasteiger partial charge in [-0.15, -0.1) is 10.2 Å². The lowest BCUT2D eigenvalue weighted by Crippen LogP contribution is -2.00. The number of nitrogen functional groups attached to an aromatic ring is 1. The van der Waals surface area contributed by atoms with Crippen molar-refractivity contribution in [2.75, 3.05) is 5.73 Å². The molecule has 0 unspecified atom stereocenters. The second kappa shape index (κ2) is 5.34. The van der Waals surface area contributed by atoms with Crippen LogP contribution in [-0.4, -0.2) is 14.8 Å². The summed E-state index contributed by atoms with van der Waals surface area (Å²) >= 11 is 0. The number of hydrogen-bond acceptors (Lipinski definition) is 3. The zero-order chi connectivity index (χ0) is 16.8. The van der Waals surface area contributed by atoms with E-state index >= 15 is 0 Å². The fraction of sp³-hybridized carbons (Fsp3) is 0.200. The zero-order valence-electron chi connectivity index (χ0n) is 14.1. The van der Waals surface area contributed by atoms with Gasteiger partial charge in [-0.1, -0.05) is 56.3 Å². The van der Waals surface area contributed by atoms with Gasteiger partial charge in [-0.2, -0.15) is 0 Å². The summed E-state index contributed by atoms with van der Waals surface area (Å²) in [6, 6.07) is 16.8. The molecular formula is C20H20N4. The molecule has 4 aromatic rings. The fourth-order valence-corrected chi connectivity index (χ4v) is 3.36. The molecule has 0 amide bonds. The van der Waals surface area contributed by atoms with Crippen LogP contribution in [0.3, 0.4) is 0 Å². The van der Waals surface area contributed by atoms with E-state index in [0.717, 1.165) is 33.1 Å². The molecule has 120 valence electrons. The number of fused-ring (bicyclic) bond motifs is 3. The van der Waals surface area contributed by atoms with Crippen molar-refractivity contribution >= 4 is 27.8 Å². The number of benzene rings is 2. The smallest absolute Gasteiger partial charge is 0.156 e. The third-order valence-electron chi connectivity index (χ3n) is 4.70. The van der Waals surface area contributed by atoms with Crippen LogP contribution in [0.1, 0.15) is 25.3 Å². The first-order chi connectivity index (χ1) is 11.6. The van der Waals surface area contributed by atoms with Crippen LogP contribution >= 0.6 is 0 Å². The van der Waals surface area contributed by atoms with E-state index < -0.39 is 0 Å². The van der Waals surface area contributed by atoms with Crippen molar-refractivity contribution in [3.8, 4) is 11.1 Å². The number of hydrogen-bond donors (Lipinski definition) is 1. The van der Waals surface area contributed by atoms with Gasteiger partial charge in [0.05, 0.1) is 16.6 Å². The first kappa shape index (κ1) is 14.7. The van der Waals surface area contributed by atoms with Crippen molar-refractivity contribution in [2.24, 2.45) is 7.05 Å².